The average Bonchev–Trinajstić information content (AvgIpc) is 3.65. The standard InChI is InChI=1S/C20H18N4O.C19H16N4O/c1-13-3-7-15(8-4-13)23-19-17-11-18(14-5-9-16(25)10-6-14)24(2)20(17)22-12-21-19;1-23-17(13-7-9-15(24)10-8-13)11-16-18(20-12-21-19(16)23)22-14-5-3-2-4-6-14/h3-12,25H,1-2H3,(H,21,22,23);2-12,24H,1H3,(H,20,21,22). The molecule has 0 unspecified atom stereocenters. The fourth-order valence-corrected chi connectivity index (χ4v) is 5.72. The fourth-order valence-electron chi connectivity index (χ4n) is 5.72. The number of aromatic hydroxyl groups is 2. The van der Waals surface area contributed by atoms with Gasteiger partial charge in [-0.1, -0.05) is 35.9 Å². The lowest BCUT2D eigenvalue weighted by atomic mass is 10.1. The summed E-state index contributed by atoms with van der Waals surface area (Å²) in [5.41, 5.74) is 8.95. The lowest BCUT2D eigenvalue weighted by Gasteiger charge is -2.07. The van der Waals surface area contributed by atoms with Crippen molar-refractivity contribution in [1.29, 1.82) is 0 Å². The summed E-state index contributed by atoms with van der Waals surface area (Å²) in [6, 6.07) is 36.6. The van der Waals surface area contributed by atoms with Gasteiger partial charge in [0, 0.05) is 25.5 Å². The van der Waals surface area contributed by atoms with Crippen LogP contribution in [0.25, 0.3) is 44.6 Å². The zero-order valence-corrected chi connectivity index (χ0v) is 27.2. The van der Waals surface area contributed by atoms with E-state index in [1.807, 2.05) is 90.0 Å². The Morgan fingerprint density at radius 3 is 1.39 bits per heavy atom. The van der Waals surface area contributed by atoms with Crippen molar-refractivity contribution in [2.45, 2.75) is 6.92 Å². The van der Waals surface area contributed by atoms with Crippen molar-refractivity contribution < 1.29 is 10.2 Å². The highest BCUT2D eigenvalue weighted by Gasteiger charge is 2.15. The van der Waals surface area contributed by atoms with Gasteiger partial charge in [0.1, 0.15) is 47.1 Å². The summed E-state index contributed by atoms with van der Waals surface area (Å²) in [6.45, 7) is 2.06. The Balaban J connectivity index is 0.000000154. The molecule has 8 aromatic rings. The van der Waals surface area contributed by atoms with Crippen molar-refractivity contribution in [2.24, 2.45) is 14.1 Å². The largest absolute Gasteiger partial charge is 0.508 e. The molecule has 0 fully saturated rings. The molecule has 0 aliphatic rings. The minimum atomic E-state index is 0.253. The summed E-state index contributed by atoms with van der Waals surface area (Å²) in [7, 11) is 3.96. The first-order chi connectivity index (χ1) is 23.8. The number of phenolic OH excluding ortho intramolecular Hbond substituents is 2. The number of phenols is 2. The van der Waals surface area contributed by atoms with Crippen LogP contribution in [0.2, 0.25) is 0 Å². The molecule has 4 heterocycles. The van der Waals surface area contributed by atoms with E-state index in [9.17, 15) is 10.2 Å². The van der Waals surface area contributed by atoms with Gasteiger partial charge in [-0.3, -0.25) is 0 Å². The summed E-state index contributed by atoms with van der Waals surface area (Å²) >= 11 is 0. The van der Waals surface area contributed by atoms with Crippen LogP contribution in [0.15, 0.2) is 128 Å². The van der Waals surface area contributed by atoms with E-state index < -0.39 is 0 Å². The summed E-state index contributed by atoms with van der Waals surface area (Å²) in [5.74, 6) is 2.05. The maximum atomic E-state index is 9.50. The van der Waals surface area contributed by atoms with E-state index in [2.05, 4.69) is 61.8 Å². The minimum absolute atomic E-state index is 0.253. The predicted molar refractivity (Wildman–Crippen MR) is 195 cm³/mol. The second-order valence-electron chi connectivity index (χ2n) is 11.7. The molecular formula is C39H34N8O2. The monoisotopic (exact) mass is 646 g/mol. The fraction of sp³-hybridized carbons (Fsp3) is 0.0769. The number of nitrogens with zero attached hydrogens (tertiary/aromatic N) is 6. The van der Waals surface area contributed by atoms with Gasteiger partial charge in [-0.25, -0.2) is 19.9 Å². The third kappa shape index (κ3) is 6.48. The minimum Gasteiger partial charge on any atom is -0.508 e. The molecule has 0 aliphatic carbocycles. The van der Waals surface area contributed by atoms with Crippen molar-refractivity contribution >= 4 is 45.1 Å². The number of hydrogen-bond donors (Lipinski definition) is 4. The van der Waals surface area contributed by atoms with Crippen LogP contribution < -0.4 is 10.6 Å². The van der Waals surface area contributed by atoms with Crippen LogP contribution in [-0.2, 0) is 14.1 Å². The van der Waals surface area contributed by atoms with Gasteiger partial charge in [0.05, 0.1) is 22.2 Å². The van der Waals surface area contributed by atoms with E-state index in [1.54, 1.807) is 36.9 Å². The van der Waals surface area contributed by atoms with Crippen LogP contribution in [0.4, 0.5) is 23.0 Å². The van der Waals surface area contributed by atoms with E-state index in [1.165, 1.54) is 5.56 Å². The van der Waals surface area contributed by atoms with Crippen LogP contribution >= 0.6 is 0 Å². The van der Waals surface area contributed by atoms with Gasteiger partial charge in [-0.2, -0.15) is 0 Å². The third-order valence-electron chi connectivity index (χ3n) is 8.32. The molecule has 10 nitrogen and oxygen atoms in total. The Morgan fingerprint density at radius 2 is 0.939 bits per heavy atom. The molecule has 49 heavy (non-hydrogen) atoms. The van der Waals surface area contributed by atoms with Crippen molar-refractivity contribution in [3.63, 3.8) is 0 Å². The highest BCUT2D eigenvalue weighted by molar-refractivity contribution is 5.94. The summed E-state index contributed by atoms with van der Waals surface area (Å²) in [6.07, 6.45) is 3.13. The molecule has 0 aliphatic heterocycles. The lowest BCUT2D eigenvalue weighted by Crippen LogP contribution is -1.97. The summed E-state index contributed by atoms with van der Waals surface area (Å²) < 4.78 is 4.06. The highest BCUT2D eigenvalue weighted by Crippen LogP contribution is 2.33. The number of aromatic nitrogens is 6. The predicted octanol–water partition coefficient (Wildman–Crippen LogP) is 8.48. The van der Waals surface area contributed by atoms with Gasteiger partial charge in [-0.15, -0.1) is 0 Å². The maximum Gasteiger partial charge on any atom is 0.145 e. The Morgan fingerprint density at radius 1 is 0.510 bits per heavy atom. The zero-order chi connectivity index (χ0) is 33.9. The van der Waals surface area contributed by atoms with Gasteiger partial charge in [-0.05, 0) is 103 Å². The summed E-state index contributed by atoms with van der Waals surface area (Å²) in [5, 5.41) is 27.6. The molecule has 4 N–H and O–H groups in total. The first kappa shape index (κ1) is 30.9. The number of anilines is 4. The van der Waals surface area contributed by atoms with Gasteiger partial charge < -0.3 is 30.0 Å². The van der Waals surface area contributed by atoms with Crippen LogP contribution in [0.5, 0.6) is 11.5 Å². The van der Waals surface area contributed by atoms with Gasteiger partial charge >= 0.3 is 0 Å². The second kappa shape index (κ2) is 13.2. The molecule has 8 rings (SSSR count). The van der Waals surface area contributed by atoms with Crippen molar-refractivity contribution in [3.8, 4) is 34.0 Å². The molecule has 0 amide bonds. The molecule has 4 aromatic heterocycles. The Hall–Kier alpha value is -6.68. The van der Waals surface area contributed by atoms with E-state index in [0.717, 1.165) is 67.6 Å². The topological polar surface area (TPSA) is 126 Å². The molecule has 0 atom stereocenters. The molecule has 4 aromatic carbocycles. The quantitative estimate of drug-likeness (QED) is 0.142. The first-order valence-electron chi connectivity index (χ1n) is 15.7. The molecular weight excluding hydrogens is 612 g/mol. The average molecular weight is 647 g/mol. The van der Waals surface area contributed by atoms with E-state index in [0.29, 0.717) is 0 Å². The molecule has 0 radical (unpaired) electrons. The maximum absolute atomic E-state index is 9.50. The number of benzene rings is 4. The van der Waals surface area contributed by atoms with Crippen LogP contribution in [0, 0.1) is 6.92 Å². The molecule has 0 bridgehead atoms. The number of hydrogen-bond acceptors (Lipinski definition) is 8. The van der Waals surface area contributed by atoms with Crippen LogP contribution in [-0.4, -0.2) is 39.3 Å². The Bertz CT molecular complexity index is 2370. The van der Waals surface area contributed by atoms with Crippen LogP contribution in [0.3, 0.4) is 0 Å². The van der Waals surface area contributed by atoms with E-state index >= 15 is 0 Å². The smallest absolute Gasteiger partial charge is 0.145 e. The molecule has 0 saturated carbocycles. The van der Waals surface area contributed by atoms with E-state index in [4.69, 9.17) is 0 Å². The number of para-hydroxylation sites is 1. The molecule has 242 valence electrons. The lowest BCUT2D eigenvalue weighted by molar-refractivity contribution is 0.475. The normalized spacial score (nSPS) is 10.9. The van der Waals surface area contributed by atoms with E-state index in [-0.39, 0.29) is 11.5 Å². The van der Waals surface area contributed by atoms with Gasteiger partial charge in [0.25, 0.3) is 0 Å². The third-order valence-corrected chi connectivity index (χ3v) is 8.32. The zero-order valence-electron chi connectivity index (χ0n) is 27.2. The second-order valence-corrected chi connectivity index (χ2v) is 11.7. The van der Waals surface area contributed by atoms with Gasteiger partial charge in [0.15, 0.2) is 0 Å². The number of aryl methyl sites for hydroxylation is 3. The van der Waals surface area contributed by atoms with Crippen molar-refractivity contribution in [1.82, 2.24) is 29.1 Å². The number of nitrogens with one attached hydrogen (secondary N) is 2. The number of rotatable bonds is 6. The Kier molecular flexibility index (Phi) is 8.34. The summed E-state index contributed by atoms with van der Waals surface area (Å²) in [4.78, 5) is 17.6. The van der Waals surface area contributed by atoms with Gasteiger partial charge in [0.2, 0.25) is 0 Å². The SMILES string of the molecule is Cc1ccc(Nc2ncnc3c2cc(-c2ccc(O)cc2)n3C)cc1.Cn1c(-c2ccc(O)cc2)cc2c(Nc3ccccc3)ncnc21. The molecule has 10 heteroatoms. The molecule has 0 spiro atoms. The molecule has 0 saturated heterocycles. The number of fused-ring (bicyclic) bond motifs is 2. The van der Waals surface area contributed by atoms with Crippen LogP contribution in [0.1, 0.15) is 5.56 Å². The Labute approximate surface area is 283 Å². The van der Waals surface area contributed by atoms with Crippen molar-refractivity contribution in [3.05, 3.63) is 133 Å². The first-order valence-corrected chi connectivity index (χ1v) is 15.7. The highest BCUT2D eigenvalue weighted by atomic mass is 16.3. The van der Waals surface area contributed by atoms with Crippen molar-refractivity contribution in [2.75, 3.05) is 10.6 Å².